The molecule has 152 valence electrons. The highest BCUT2D eigenvalue weighted by Crippen LogP contribution is 2.23. The van der Waals surface area contributed by atoms with Crippen LogP contribution in [0.2, 0.25) is 0 Å². The SMILES string of the molecule is O=S(=O)(Nc1ccc(Cn2cccn2)cc1)c1ccc(S(=O)(=O)NC2CC2)cc1. The Labute approximate surface area is 169 Å². The van der Waals surface area contributed by atoms with Gasteiger partial charge in [-0.05, 0) is 60.9 Å². The standard InChI is InChI=1S/C19H20N4O4S2/c24-28(25,18-8-10-19(11-9-18)29(26,27)22-17-6-7-17)21-16-4-2-15(3-5-16)14-23-13-1-12-20-23/h1-5,8-13,17,21-22H,6-7,14H2. The zero-order valence-corrected chi connectivity index (χ0v) is 17.0. The van der Waals surface area contributed by atoms with Crippen molar-refractivity contribution in [2.75, 3.05) is 4.72 Å². The molecular formula is C19H20N4O4S2. The van der Waals surface area contributed by atoms with Gasteiger partial charge in [0.2, 0.25) is 10.0 Å². The van der Waals surface area contributed by atoms with Crippen molar-refractivity contribution >= 4 is 25.7 Å². The highest BCUT2D eigenvalue weighted by Gasteiger charge is 2.28. The van der Waals surface area contributed by atoms with Gasteiger partial charge in [0.25, 0.3) is 10.0 Å². The average molecular weight is 433 g/mol. The van der Waals surface area contributed by atoms with E-state index in [-0.39, 0.29) is 15.8 Å². The van der Waals surface area contributed by atoms with Crippen molar-refractivity contribution in [3.63, 3.8) is 0 Å². The van der Waals surface area contributed by atoms with Crippen LogP contribution in [-0.2, 0) is 26.6 Å². The third-order valence-electron chi connectivity index (χ3n) is 4.45. The molecule has 0 saturated heterocycles. The summed E-state index contributed by atoms with van der Waals surface area (Å²) in [4.78, 5) is 0.0369. The van der Waals surface area contributed by atoms with Crippen LogP contribution in [0.15, 0.2) is 76.8 Å². The molecule has 8 nitrogen and oxygen atoms in total. The van der Waals surface area contributed by atoms with Gasteiger partial charge < -0.3 is 0 Å². The van der Waals surface area contributed by atoms with Crippen molar-refractivity contribution in [1.29, 1.82) is 0 Å². The second kappa shape index (κ2) is 7.62. The second-order valence-corrected chi connectivity index (χ2v) is 10.3. The number of rotatable bonds is 8. The second-order valence-electron chi connectivity index (χ2n) is 6.87. The van der Waals surface area contributed by atoms with E-state index in [1.165, 1.54) is 24.3 Å². The summed E-state index contributed by atoms with van der Waals surface area (Å²) in [7, 11) is -7.45. The lowest BCUT2D eigenvalue weighted by Gasteiger charge is -2.10. The fourth-order valence-electron chi connectivity index (χ4n) is 2.76. The van der Waals surface area contributed by atoms with E-state index in [1.54, 1.807) is 23.0 Å². The smallest absolute Gasteiger partial charge is 0.261 e. The van der Waals surface area contributed by atoms with Crippen LogP contribution in [0.5, 0.6) is 0 Å². The molecule has 0 atom stereocenters. The number of benzene rings is 2. The zero-order valence-electron chi connectivity index (χ0n) is 15.4. The number of anilines is 1. The summed E-state index contributed by atoms with van der Waals surface area (Å²) < 4.78 is 56.4. The third-order valence-corrected chi connectivity index (χ3v) is 7.39. The highest BCUT2D eigenvalue weighted by atomic mass is 32.2. The van der Waals surface area contributed by atoms with Crippen molar-refractivity contribution in [1.82, 2.24) is 14.5 Å². The molecule has 0 amide bonds. The molecule has 0 spiro atoms. The van der Waals surface area contributed by atoms with Crippen molar-refractivity contribution in [3.8, 4) is 0 Å². The van der Waals surface area contributed by atoms with Crippen molar-refractivity contribution in [2.24, 2.45) is 0 Å². The molecule has 0 radical (unpaired) electrons. The summed E-state index contributed by atoms with van der Waals surface area (Å²) in [6, 6.07) is 14.0. The number of nitrogens with zero attached hydrogens (tertiary/aromatic N) is 2. The van der Waals surface area contributed by atoms with Gasteiger partial charge in [0.05, 0.1) is 16.3 Å². The van der Waals surface area contributed by atoms with Crippen LogP contribution in [0.1, 0.15) is 18.4 Å². The first-order valence-electron chi connectivity index (χ1n) is 9.03. The molecule has 1 saturated carbocycles. The topological polar surface area (TPSA) is 110 Å². The van der Waals surface area contributed by atoms with E-state index in [9.17, 15) is 16.8 Å². The van der Waals surface area contributed by atoms with E-state index in [0.29, 0.717) is 12.2 Å². The molecule has 1 aromatic heterocycles. The zero-order chi connectivity index (χ0) is 20.5. The maximum Gasteiger partial charge on any atom is 0.261 e. The van der Waals surface area contributed by atoms with Gasteiger partial charge in [-0.2, -0.15) is 5.10 Å². The summed E-state index contributed by atoms with van der Waals surface area (Å²) in [6.07, 6.45) is 5.20. The lowest BCUT2D eigenvalue weighted by atomic mass is 10.2. The van der Waals surface area contributed by atoms with Crippen LogP contribution in [0.25, 0.3) is 0 Å². The fraction of sp³-hybridized carbons (Fsp3) is 0.211. The summed E-state index contributed by atoms with van der Waals surface area (Å²) in [5.41, 5.74) is 1.40. The first-order valence-corrected chi connectivity index (χ1v) is 12.0. The van der Waals surface area contributed by atoms with Crippen LogP contribution >= 0.6 is 0 Å². The molecule has 2 aromatic carbocycles. The first-order chi connectivity index (χ1) is 13.8. The Morgan fingerprint density at radius 1 is 0.897 bits per heavy atom. The van der Waals surface area contributed by atoms with Crippen LogP contribution in [0.3, 0.4) is 0 Å². The van der Waals surface area contributed by atoms with Gasteiger partial charge in [-0.1, -0.05) is 12.1 Å². The predicted octanol–water partition coefficient (Wildman–Crippen LogP) is 2.17. The maximum atomic E-state index is 12.6. The maximum absolute atomic E-state index is 12.6. The lowest BCUT2D eigenvalue weighted by Crippen LogP contribution is -2.25. The molecule has 1 aliphatic rings. The Hall–Kier alpha value is -2.69. The molecule has 10 heteroatoms. The van der Waals surface area contributed by atoms with Crippen LogP contribution in [-0.4, -0.2) is 32.7 Å². The Morgan fingerprint density at radius 3 is 2.07 bits per heavy atom. The lowest BCUT2D eigenvalue weighted by molar-refractivity contribution is 0.580. The van der Waals surface area contributed by atoms with E-state index in [2.05, 4.69) is 14.5 Å². The fourth-order valence-corrected chi connectivity index (χ4v) is 5.12. The molecular weight excluding hydrogens is 412 g/mol. The van der Waals surface area contributed by atoms with Gasteiger partial charge >= 0.3 is 0 Å². The molecule has 1 heterocycles. The van der Waals surface area contributed by atoms with E-state index in [0.717, 1.165) is 18.4 Å². The Bertz CT molecular complexity index is 1180. The molecule has 2 N–H and O–H groups in total. The first kappa shape index (κ1) is 19.6. The van der Waals surface area contributed by atoms with Crippen molar-refractivity contribution in [3.05, 3.63) is 72.6 Å². The van der Waals surface area contributed by atoms with Crippen molar-refractivity contribution in [2.45, 2.75) is 35.2 Å². The molecule has 4 rings (SSSR count). The third kappa shape index (κ3) is 4.84. The van der Waals surface area contributed by atoms with Gasteiger partial charge in [0.15, 0.2) is 0 Å². The molecule has 0 bridgehead atoms. The Morgan fingerprint density at radius 2 is 1.52 bits per heavy atom. The van der Waals surface area contributed by atoms with Crippen LogP contribution in [0.4, 0.5) is 5.69 Å². The van der Waals surface area contributed by atoms with Gasteiger partial charge in [-0.15, -0.1) is 0 Å². The van der Waals surface area contributed by atoms with Crippen LogP contribution in [0, 0.1) is 0 Å². The van der Waals surface area contributed by atoms with E-state index < -0.39 is 20.0 Å². The minimum absolute atomic E-state index is 0.0107. The Balaban J connectivity index is 1.45. The predicted molar refractivity (Wildman–Crippen MR) is 108 cm³/mol. The van der Waals surface area contributed by atoms with Crippen molar-refractivity contribution < 1.29 is 16.8 Å². The number of nitrogens with one attached hydrogen (secondary N) is 2. The molecule has 1 fully saturated rings. The molecule has 29 heavy (non-hydrogen) atoms. The Kier molecular flexibility index (Phi) is 5.15. The molecule has 1 aliphatic carbocycles. The summed E-state index contributed by atoms with van der Waals surface area (Å²) in [5, 5.41) is 4.13. The molecule has 0 aliphatic heterocycles. The largest absolute Gasteiger partial charge is 0.280 e. The number of sulfonamides is 2. The number of hydrogen-bond donors (Lipinski definition) is 2. The average Bonchev–Trinajstić information content (AvgIpc) is 3.34. The van der Waals surface area contributed by atoms with E-state index >= 15 is 0 Å². The van der Waals surface area contributed by atoms with Crippen LogP contribution < -0.4 is 9.44 Å². The summed E-state index contributed by atoms with van der Waals surface area (Å²) in [6.45, 7) is 0.588. The normalized spacial score (nSPS) is 14.6. The molecule has 3 aromatic rings. The van der Waals surface area contributed by atoms with Gasteiger partial charge in [0.1, 0.15) is 0 Å². The minimum atomic E-state index is -3.83. The quantitative estimate of drug-likeness (QED) is 0.567. The van der Waals surface area contributed by atoms with E-state index in [1.807, 2.05) is 24.4 Å². The van der Waals surface area contributed by atoms with Gasteiger partial charge in [-0.25, -0.2) is 21.6 Å². The minimum Gasteiger partial charge on any atom is -0.280 e. The van der Waals surface area contributed by atoms with E-state index in [4.69, 9.17) is 0 Å². The van der Waals surface area contributed by atoms with Gasteiger partial charge in [0, 0.05) is 24.1 Å². The summed E-state index contributed by atoms with van der Waals surface area (Å²) in [5.74, 6) is 0. The van der Waals surface area contributed by atoms with Gasteiger partial charge in [-0.3, -0.25) is 9.40 Å². The summed E-state index contributed by atoms with van der Waals surface area (Å²) >= 11 is 0. The number of hydrogen-bond acceptors (Lipinski definition) is 5. The number of aromatic nitrogens is 2. The monoisotopic (exact) mass is 432 g/mol. The highest BCUT2D eigenvalue weighted by molar-refractivity contribution is 7.92. The molecule has 0 unspecified atom stereocenters.